The van der Waals surface area contributed by atoms with Crippen LogP contribution in [0, 0.1) is 6.92 Å². The summed E-state index contributed by atoms with van der Waals surface area (Å²) in [4.78, 5) is 23.3. The summed E-state index contributed by atoms with van der Waals surface area (Å²) < 4.78 is 7.75. The normalized spacial score (nSPS) is 13.9. The van der Waals surface area contributed by atoms with Gasteiger partial charge in [-0.2, -0.15) is 5.10 Å². The smallest absolute Gasteiger partial charge is 0.274 e. The molecular weight excluding hydrogens is 330 g/mol. The van der Waals surface area contributed by atoms with Crippen LogP contribution in [0.5, 0.6) is 0 Å². The number of carbonyl (C=O) groups excluding carboxylic acids is 1. The summed E-state index contributed by atoms with van der Waals surface area (Å²) >= 11 is 0. The van der Waals surface area contributed by atoms with Crippen molar-refractivity contribution in [3.05, 3.63) is 53.4 Å². The molecule has 134 valence electrons. The molecule has 4 heterocycles. The average molecular weight is 351 g/mol. The van der Waals surface area contributed by atoms with E-state index in [-0.39, 0.29) is 11.9 Å². The van der Waals surface area contributed by atoms with E-state index in [1.54, 1.807) is 17.3 Å². The van der Waals surface area contributed by atoms with Gasteiger partial charge in [-0.25, -0.2) is 4.98 Å². The number of carbonyl (C=O) groups is 1. The van der Waals surface area contributed by atoms with Crippen LogP contribution in [0.2, 0.25) is 0 Å². The van der Waals surface area contributed by atoms with E-state index in [0.29, 0.717) is 31.1 Å². The molecule has 0 aliphatic carbocycles. The van der Waals surface area contributed by atoms with Gasteiger partial charge in [-0.05, 0) is 39.0 Å². The first kappa shape index (κ1) is 16.5. The number of nitrogens with zero attached hydrogens (tertiary/aromatic N) is 5. The zero-order valence-corrected chi connectivity index (χ0v) is 15.1. The van der Waals surface area contributed by atoms with Crippen molar-refractivity contribution >= 4 is 5.91 Å². The second kappa shape index (κ2) is 6.40. The molecule has 7 heteroatoms. The molecule has 0 aromatic carbocycles. The van der Waals surface area contributed by atoms with Crippen LogP contribution in [0.25, 0.3) is 11.5 Å². The fourth-order valence-corrected chi connectivity index (χ4v) is 3.26. The maximum Gasteiger partial charge on any atom is 0.274 e. The Labute approximate surface area is 151 Å². The molecule has 0 saturated carbocycles. The second-order valence-electron chi connectivity index (χ2n) is 6.82. The maximum absolute atomic E-state index is 12.9. The topological polar surface area (TPSA) is 77.1 Å². The van der Waals surface area contributed by atoms with Gasteiger partial charge in [0.15, 0.2) is 5.69 Å². The van der Waals surface area contributed by atoms with Crippen LogP contribution in [0.1, 0.15) is 47.5 Å². The van der Waals surface area contributed by atoms with Gasteiger partial charge in [0.25, 0.3) is 5.91 Å². The number of aryl methyl sites for hydroxylation is 1. The highest BCUT2D eigenvalue weighted by Crippen LogP contribution is 2.26. The molecule has 0 atom stereocenters. The quantitative estimate of drug-likeness (QED) is 0.725. The molecule has 0 radical (unpaired) electrons. The first-order chi connectivity index (χ1) is 12.5. The molecule has 0 fully saturated rings. The van der Waals surface area contributed by atoms with E-state index in [4.69, 9.17) is 4.42 Å². The number of amides is 1. The lowest BCUT2D eigenvalue weighted by molar-refractivity contribution is 0.0721. The lowest BCUT2D eigenvalue weighted by Crippen LogP contribution is -2.36. The van der Waals surface area contributed by atoms with Gasteiger partial charge in [0.05, 0.1) is 12.1 Å². The zero-order valence-electron chi connectivity index (χ0n) is 15.1. The van der Waals surface area contributed by atoms with Crippen LogP contribution in [0.15, 0.2) is 35.0 Å². The van der Waals surface area contributed by atoms with Crippen LogP contribution >= 0.6 is 0 Å². The van der Waals surface area contributed by atoms with Gasteiger partial charge in [0.2, 0.25) is 5.89 Å². The minimum absolute atomic E-state index is 0.0657. The van der Waals surface area contributed by atoms with Crippen LogP contribution in [-0.4, -0.2) is 37.1 Å². The number of oxazole rings is 1. The van der Waals surface area contributed by atoms with Crippen molar-refractivity contribution in [1.29, 1.82) is 0 Å². The minimum Gasteiger partial charge on any atom is -0.441 e. The Balaban J connectivity index is 1.56. The molecule has 1 amide bonds. The lowest BCUT2D eigenvalue weighted by atomic mass is 10.1. The van der Waals surface area contributed by atoms with Gasteiger partial charge in [-0.15, -0.1) is 0 Å². The van der Waals surface area contributed by atoms with Crippen molar-refractivity contribution in [2.45, 2.75) is 39.8 Å². The van der Waals surface area contributed by atoms with Crippen LogP contribution in [-0.2, 0) is 13.0 Å². The number of hydrogen-bond donors (Lipinski definition) is 0. The van der Waals surface area contributed by atoms with Crippen LogP contribution in [0.4, 0.5) is 0 Å². The molecule has 0 saturated heterocycles. The van der Waals surface area contributed by atoms with E-state index in [2.05, 4.69) is 28.9 Å². The van der Waals surface area contributed by atoms with Crippen molar-refractivity contribution in [2.24, 2.45) is 0 Å². The van der Waals surface area contributed by atoms with Gasteiger partial charge in [-0.1, -0.05) is 0 Å². The van der Waals surface area contributed by atoms with Gasteiger partial charge in [0.1, 0.15) is 11.5 Å². The largest absolute Gasteiger partial charge is 0.441 e. The predicted octanol–water partition coefficient (Wildman–Crippen LogP) is 3.02. The Kier molecular flexibility index (Phi) is 4.06. The van der Waals surface area contributed by atoms with E-state index in [9.17, 15) is 4.79 Å². The number of pyridine rings is 1. The number of hydrogen-bond acceptors (Lipinski definition) is 5. The molecule has 0 bridgehead atoms. The van der Waals surface area contributed by atoms with Crippen LogP contribution < -0.4 is 0 Å². The highest BCUT2D eigenvalue weighted by Gasteiger charge is 2.28. The SMILES string of the molecule is Cc1cc(C(=O)N2CCc3oc(-c4cccnc4)nc3C2)nn1C(C)C. The standard InChI is InChI=1S/C19H21N5O2/c1-12(2)24-13(3)9-15(22-24)19(25)23-8-6-17-16(11-23)21-18(26-17)14-5-4-7-20-10-14/h4-5,7,9-10,12H,6,8,11H2,1-3H3. The molecule has 0 spiro atoms. The minimum atomic E-state index is -0.0657. The summed E-state index contributed by atoms with van der Waals surface area (Å²) in [6.45, 7) is 7.11. The number of aromatic nitrogens is 4. The third-order valence-electron chi connectivity index (χ3n) is 4.55. The molecule has 1 aliphatic heterocycles. The van der Waals surface area contributed by atoms with E-state index < -0.39 is 0 Å². The Morgan fingerprint density at radius 3 is 2.88 bits per heavy atom. The van der Waals surface area contributed by atoms with E-state index in [1.165, 1.54) is 0 Å². The van der Waals surface area contributed by atoms with Crippen molar-refractivity contribution in [3.63, 3.8) is 0 Å². The fourth-order valence-electron chi connectivity index (χ4n) is 3.26. The third-order valence-corrected chi connectivity index (χ3v) is 4.55. The van der Waals surface area contributed by atoms with Crippen LogP contribution in [0.3, 0.4) is 0 Å². The number of fused-ring (bicyclic) bond motifs is 1. The summed E-state index contributed by atoms with van der Waals surface area (Å²) in [5.74, 6) is 1.33. The maximum atomic E-state index is 12.9. The summed E-state index contributed by atoms with van der Waals surface area (Å²) in [6.07, 6.45) is 4.09. The molecule has 4 rings (SSSR count). The van der Waals surface area contributed by atoms with E-state index in [1.807, 2.05) is 29.8 Å². The second-order valence-corrected chi connectivity index (χ2v) is 6.82. The Bertz CT molecular complexity index is 942. The summed E-state index contributed by atoms with van der Waals surface area (Å²) in [5.41, 5.74) is 3.12. The third kappa shape index (κ3) is 2.89. The van der Waals surface area contributed by atoms with Crippen molar-refractivity contribution in [1.82, 2.24) is 24.6 Å². The summed E-state index contributed by atoms with van der Waals surface area (Å²) in [5, 5.41) is 4.47. The van der Waals surface area contributed by atoms with Crippen molar-refractivity contribution < 1.29 is 9.21 Å². The molecule has 3 aromatic heterocycles. The van der Waals surface area contributed by atoms with Crippen molar-refractivity contribution in [2.75, 3.05) is 6.54 Å². The lowest BCUT2D eigenvalue weighted by Gasteiger charge is -2.24. The molecule has 3 aromatic rings. The highest BCUT2D eigenvalue weighted by molar-refractivity contribution is 5.92. The number of rotatable bonds is 3. The van der Waals surface area contributed by atoms with Gasteiger partial charge < -0.3 is 9.32 Å². The highest BCUT2D eigenvalue weighted by atomic mass is 16.4. The average Bonchev–Trinajstić information content (AvgIpc) is 3.24. The molecule has 26 heavy (non-hydrogen) atoms. The van der Waals surface area contributed by atoms with Gasteiger partial charge in [-0.3, -0.25) is 14.5 Å². The molecular formula is C19H21N5O2. The summed E-state index contributed by atoms with van der Waals surface area (Å²) in [6, 6.07) is 5.83. The predicted molar refractivity (Wildman–Crippen MR) is 95.5 cm³/mol. The first-order valence-electron chi connectivity index (χ1n) is 8.77. The monoisotopic (exact) mass is 351 g/mol. The Hall–Kier alpha value is -2.96. The molecule has 0 N–H and O–H groups in total. The van der Waals surface area contributed by atoms with Gasteiger partial charge in [0, 0.05) is 37.1 Å². The Morgan fingerprint density at radius 2 is 2.19 bits per heavy atom. The Morgan fingerprint density at radius 1 is 1.35 bits per heavy atom. The zero-order chi connectivity index (χ0) is 18.3. The van der Waals surface area contributed by atoms with E-state index in [0.717, 1.165) is 22.7 Å². The molecule has 0 unspecified atom stereocenters. The molecule has 7 nitrogen and oxygen atoms in total. The first-order valence-corrected chi connectivity index (χ1v) is 8.77. The van der Waals surface area contributed by atoms with Gasteiger partial charge >= 0.3 is 0 Å². The summed E-state index contributed by atoms with van der Waals surface area (Å²) in [7, 11) is 0. The fraction of sp³-hybridized carbons (Fsp3) is 0.368. The van der Waals surface area contributed by atoms with Crippen molar-refractivity contribution in [3.8, 4) is 11.5 Å². The molecule has 1 aliphatic rings. The van der Waals surface area contributed by atoms with E-state index >= 15 is 0 Å².